The topological polar surface area (TPSA) is 46.3 Å². The SMILES string of the molecule is CCN(C(=O)CSc1ccc(C)cc1N)c1ccccc1. The van der Waals surface area contributed by atoms with Gasteiger partial charge in [0.1, 0.15) is 0 Å². The van der Waals surface area contributed by atoms with Gasteiger partial charge in [0.05, 0.1) is 5.75 Å². The van der Waals surface area contributed by atoms with E-state index in [1.165, 1.54) is 11.8 Å². The van der Waals surface area contributed by atoms with E-state index in [0.29, 0.717) is 12.3 Å². The number of nitrogens with zero attached hydrogens (tertiary/aromatic N) is 1. The molecular weight excluding hydrogens is 280 g/mol. The van der Waals surface area contributed by atoms with Crippen molar-refractivity contribution < 1.29 is 4.79 Å². The Labute approximate surface area is 130 Å². The normalized spacial score (nSPS) is 10.4. The first-order chi connectivity index (χ1) is 10.1. The molecule has 0 aliphatic carbocycles. The van der Waals surface area contributed by atoms with Gasteiger partial charge in [-0.2, -0.15) is 0 Å². The molecule has 2 rings (SSSR count). The predicted octanol–water partition coefficient (Wildman–Crippen LogP) is 3.72. The molecule has 21 heavy (non-hydrogen) atoms. The number of nitrogens with two attached hydrogens (primary N) is 1. The molecule has 2 aromatic rings. The summed E-state index contributed by atoms with van der Waals surface area (Å²) in [6.07, 6.45) is 0. The maximum atomic E-state index is 12.4. The van der Waals surface area contributed by atoms with Gasteiger partial charge in [0, 0.05) is 22.8 Å². The quantitative estimate of drug-likeness (QED) is 0.676. The number of aryl methyl sites for hydroxylation is 1. The zero-order valence-electron chi connectivity index (χ0n) is 12.4. The number of carbonyl (C=O) groups excluding carboxylic acids is 1. The third-order valence-corrected chi connectivity index (χ3v) is 4.28. The van der Waals surface area contributed by atoms with Gasteiger partial charge >= 0.3 is 0 Å². The highest BCUT2D eigenvalue weighted by molar-refractivity contribution is 8.00. The van der Waals surface area contributed by atoms with Crippen molar-refractivity contribution in [2.75, 3.05) is 22.9 Å². The molecule has 0 spiro atoms. The second-order valence-corrected chi connectivity index (χ2v) is 5.82. The van der Waals surface area contributed by atoms with E-state index in [2.05, 4.69) is 0 Å². The number of benzene rings is 2. The fourth-order valence-corrected chi connectivity index (χ4v) is 2.95. The fraction of sp³-hybridized carbons (Fsp3) is 0.235. The summed E-state index contributed by atoms with van der Waals surface area (Å²) in [7, 11) is 0. The smallest absolute Gasteiger partial charge is 0.237 e. The Balaban J connectivity index is 2.03. The molecule has 2 aromatic carbocycles. The molecule has 0 saturated heterocycles. The maximum Gasteiger partial charge on any atom is 0.237 e. The van der Waals surface area contributed by atoms with Crippen LogP contribution in [0.5, 0.6) is 0 Å². The van der Waals surface area contributed by atoms with Crippen LogP contribution in [0.25, 0.3) is 0 Å². The average Bonchev–Trinajstić information content (AvgIpc) is 2.48. The highest BCUT2D eigenvalue weighted by Crippen LogP contribution is 2.26. The minimum absolute atomic E-state index is 0.0914. The number of rotatable bonds is 5. The van der Waals surface area contributed by atoms with Gasteiger partial charge in [0.2, 0.25) is 5.91 Å². The van der Waals surface area contributed by atoms with Gasteiger partial charge < -0.3 is 10.6 Å². The molecular formula is C17H20N2OS. The number of thioether (sulfide) groups is 1. The van der Waals surface area contributed by atoms with Gasteiger partial charge in [-0.25, -0.2) is 0 Å². The Morgan fingerprint density at radius 1 is 1.19 bits per heavy atom. The van der Waals surface area contributed by atoms with Crippen molar-refractivity contribution >= 4 is 29.0 Å². The Morgan fingerprint density at radius 3 is 2.52 bits per heavy atom. The Morgan fingerprint density at radius 2 is 1.90 bits per heavy atom. The van der Waals surface area contributed by atoms with E-state index in [-0.39, 0.29) is 5.91 Å². The molecule has 0 fully saturated rings. The van der Waals surface area contributed by atoms with Crippen molar-refractivity contribution in [2.24, 2.45) is 0 Å². The van der Waals surface area contributed by atoms with Crippen LogP contribution in [0.3, 0.4) is 0 Å². The number of anilines is 2. The molecule has 0 unspecified atom stereocenters. The molecule has 0 aromatic heterocycles. The largest absolute Gasteiger partial charge is 0.398 e. The Bertz CT molecular complexity index is 613. The van der Waals surface area contributed by atoms with Crippen molar-refractivity contribution in [3.63, 3.8) is 0 Å². The summed E-state index contributed by atoms with van der Waals surface area (Å²) >= 11 is 1.49. The second-order valence-electron chi connectivity index (χ2n) is 4.80. The lowest BCUT2D eigenvalue weighted by Gasteiger charge is -2.21. The van der Waals surface area contributed by atoms with Crippen LogP contribution in [0.1, 0.15) is 12.5 Å². The molecule has 0 aliphatic heterocycles. The van der Waals surface area contributed by atoms with E-state index >= 15 is 0 Å². The van der Waals surface area contributed by atoms with Crippen molar-refractivity contribution in [1.29, 1.82) is 0 Å². The molecule has 3 nitrogen and oxygen atoms in total. The van der Waals surface area contributed by atoms with E-state index < -0.39 is 0 Å². The monoisotopic (exact) mass is 300 g/mol. The maximum absolute atomic E-state index is 12.4. The van der Waals surface area contributed by atoms with Crippen molar-refractivity contribution in [2.45, 2.75) is 18.7 Å². The number of amides is 1. The van der Waals surface area contributed by atoms with Crippen LogP contribution in [0.15, 0.2) is 53.4 Å². The highest BCUT2D eigenvalue weighted by Gasteiger charge is 2.14. The number of hydrogen-bond donors (Lipinski definition) is 1. The molecule has 4 heteroatoms. The number of hydrogen-bond acceptors (Lipinski definition) is 3. The fourth-order valence-electron chi connectivity index (χ4n) is 2.13. The summed E-state index contributed by atoms with van der Waals surface area (Å²) in [5.74, 6) is 0.476. The van der Waals surface area contributed by atoms with E-state index in [1.54, 1.807) is 4.90 Å². The molecule has 110 valence electrons. The van der Waals surface area contributed by atoms with Gasteiger partial charge in [-0.3, -0.25) is 4.79 Å². The van der Waals surface area contributed by atoms with Gasteiger partial charge in [-0.05, 0) is 43.7 Å². The van der Waals surface area contributed by atoms with Crippen LogP contribution >= 0.6 is 11.8 Å². The van der Waals surface area contributed by atoms with Crippen molar-refractivity contribution in [3.05, 3.63) is 54.1 Å². The molecule has 0 radical (unpaired) electrons. The van der Waals surface area contributed by atoms with Crippen molar-refractivity contribution in [3.8, 4) is 0 Å². The van der Waals surface area contributed by atoms with E-state index in [1.807, 2.05) is 62.4 Å². The number of para-hydroxylation sites is 1. The number of nitrogen functional groups attached to an aromatic ring is 1. The average molecular weight is 300 g/mol. The van der Waals surface area contributed by atoms with Crippen LogP contribution in [0, 0.1) is 6.92 Å². The van der Waals surface area contributed by atoms with Crippen LogP contribution in [0.2, 0.25) is 0 Å². The molecule has 0 atom stereocenters. The Kier molecular flexibility index (Phi) is 5.28. The lowest BCUT2D eigenvalue weighted by atomic mass is 10.2. The van der Waals surface area contributed by atoms with Gasteiger partial charge in [-0.15, -0.1) is 11.8 Å². The minimum atomic E-state index is 0.0914. The summed E-state index contributed by atoms with van der Waals surface area (Å²) in [5, 5.41) is 0. The van der Waals surface area contributed by atoms with Crippen LogP contribution in [-0.2, 0) is 4.79 Å². The van der Waals surface area contributed by atoms with E-state index in [9.17, 15) is 4.79 Å². The zero-order chi connectivity index (χ0) is 15.2. The van der Waals surface area contributed by atoms with Gasteiger partial charge in [-0.1, -0.05) is 24.3 Å². The summed E-state index contributed by atoms with van der Waals surface area (Å²) < 4.78 is 0. The predicted molar refractivity (Wildman–Crippen MR) is 90.8 cm³/mol. The Hall–Kier alpha value is -1.94. The first-order valence-corrected chi connectivity index (χ1v) is 7.94. The lowest BCUT2D eigenvalue weighted by molar-refractivity contribution is -0.116. The zero-order valence-corrected chi connectivity index (χ0v) is 13.2. The number of carbonyl (C=O) groups is 1. The molecule has 0 aliphatic rings. The first-order valence-electron chi connectivity index (χ1n) is 6.96. The van der Waals surface area contributed by atoms with E-state index in [4.69, 9.17) is 5.73 Å². The highest BCUT2D eigenvalue weighted by atomic mass is 32.2. The third kappa shape index (κ3) is 4.02. The molecule has 0 heterocycles. The van der Waals surface area contributed by atoms with Gasteiger partial charge in [0.15, 0.2) is 0 Å². The summed E-state index contributed by atoms with van der Waals surface area (Å²) in [5.41, 5.74) is 8.77. The summed E-state index contributed by atoms with van der Waals surface area (Å²) in [6, 6.07) is 15.6. The van der Waals surface area contributed by atoms with Crippen LogP contribution in [0.4, 0.5) is 11.4 Å². The van der Waals surface area contributed by atoms with Crippen LogP contribution in [-0.4, -0.2) is 18.2 Å². The van der Waals surface area contributed by atoms with Gasteiger partial charge in [0.25, 0.3) is 0 Å². The summed E-state index contributed by atoms with van der Waals surface area (Å²) in [6.45, 7) is 4.65. The molecule has 0 saturated carbocycles. The van der Waals surface area contributed by atoms with Crippen LogP contribution < -0.4 is 10.6 Å². The minimum Gasteiger partial charge on any atom is -0.398 e. The third-order valence-electron chi connectivity index (χ3n) is 3.20. The first kappa shape index (κ1) is 15.4. The molecule has 1 amide bonds. The second kappa shape index (κ2) is 7.18. The summed E-state index contributed by atoms with van der Waals surface area (Å²) in [4.78, 5) is 15.1. The lowest BCUT2D eigenvalue weighted by Crippen LogP contribution is -2.32. The van der Waals surface area contributed by atoms with Crippen molar-refractivity contribution in [1.82, 2.24) is 0 Å². The van der Waals surface area contributed by atoms with E-state index in [0.717, 1.165) is 21.8 Å². The molecule has 0 bridgehead atoms. The standard InChI is InChI=1S/C17H20N2OS/c1-3-19(14-7-5-4-6-8-14)17(20)12-21-16-10-9-13(2)11-15(16)18/h4-11H,3,12,18H2,1-2H3. The molecule has 2 N–H and O–H groups in total.